The van der Waals surface area contributed by atoms with Crippen LogP contribution in [0.3, 0.4) is 0 Å². The molecule has 2 aromatic carbocycles. The van der Waals surface area contributed by atoms with E-state index in [0.717, 1.165) is 25.9 Å². The third kappa shape index (κ3) is 3.96. The van der Waals surface area contributed by atoms with Gasteiger partial charge in [0.05, 0.1) is 21.5 Å². The molecule has 1 aliphatic heterocycles. The molecule has 164 valence electrons. The number of hydrogen-bond acceptors (Lipinski definition) is 4. The summed E-state index contributed by atoms with van der Waals surface area (Å²) in [5.74, 6) is -0.0495. The zero-order valence-corrected chi connectivity index (χ0v) is 19.0. The first-order valence-electron chi connectivity index (χ1n) is 10.3. The predicted molar refractivity (Wildman–Crippen MR) is 121 cm³/mol. The highest BCUT2D eigenvalue weighted by atomic mass is 35.5. The van der Waals surface area contributed by atoms with Gasteiger partial charge in [-0.05, 0) is 62.1 Å². The van der Waals surface area contributed by atoms with Gasteiger partial charge < -0.3 is 9.47 Å². The second-order valence-electron chi connectivity index (χ2n) is 8.08. The minimum Gasteiger partial charge on any atom is -0.369 e. The smallest absolute Gasteiger partial charge is 0.211 e. The fourth-order valence-electron chi connectivity index (χ4n) is 4.22. The number of aromatic nitrogens is 1. The monoisotopic (exact) mass is 462 g/mol. The number of rotatable bonds is 4. The minimum atomic E-state index is -4.09. The van der Waals surface area contributed by atoms with Crippen LogP contribution in [0.4, 0.5) is 10.1 Å². The van der Waals surface area contributed by atoms with E-state index < -0.39 is 21.1 Å². The second-order valence-corrected chi connectivity index (χ2v) is 10.4. The van der Waals surface area contributed by atoms with Crippen LogP contribution in [0.1, 0.15) is 26.7 Å². The van der Waals surface area contributed by atoms with Crippen molar-refractivity contribution in [3.8, 4) is 0 Å². The first-order chi connectivity index (χ1) is 14.7. The molecule has 0 saturated carbocycles. The van der Waals surface area contributed by atoms with Crippen LogP contribution in [-0.2, 0) is 16.4 Å². The van der Waals surface area contributed by atoms with Crippen molar-refractivity contribution in [3.05, 3.63) is 63.7 Å². The van der Waals surface area contributed by atoms with Crippen molar-refractivity contribution in [1.82, 2.24) is 4.57 Å². The first kappa shape index (κ1) is 21.8. The van der Waals surface area contributed by atoms with E-state index in [1.54, 1.807) is 10.6 Å². The molecule has 3 aromatic rings. The van der Waals surface area contributed by atoms with E-state index in [2.05, 4.69) is 6.92 Å². The summed E-state index contributed by atoms with van der Waals surface area (Å²) in [5, 5.41) is 0.452. The molecule has 0 amide bonds. The Balaban J connectivity index is 1.91. The van der Waals surface area contributed by atoms with E-state index in [1.807, 2.05) is 11.8 Å². The molecule has 2 heterocycles. The van der Waals surface area contributed by atoms with E-state index in [0.29, 0.717) is 28.7 Å². The Morgan fingerprint density at radius 2 is 1.90 bits per heavy atom. The van der Waals surface area contributed by atoms with Gasteiger partial charge >= 0.3 is 0 Å². The zero-order valence-electron chi connectivity index (χ0n) is 17.4. The lowest BCUT2D eigenvalue weighted by Crippen LogP contribution is -2.35. The maximum Gasteiger partial charge on any atom is 0.211 e. The highest BCUT2D eigenvalue weighted by Crippen LogP contribution is 2.30. The van der Waals surface area contributed by atoms with Gasteiger partial charge in [-0.3, -0.25) is 4.79 Å². The van der Waals surface area contributed by atoms with Crippen molar-refractivity contribution in [1.29, 1.82) is 0 Å². The van der Waals surface area contributed by atoms with Crippen LogP contribution >= 0.6 is 11.6 Å². The van der Waals surface area contributed by atoms with Gasteiger partial charge in [-0.1, -0.05) is 18.5 Å². The largest absolute Gasteiger partial charge is 0.369 e. The fraction of sp³-hybridized carbons (Fsp3) is 0.348. The molecule has 1 atom stereocenters. The highest BCUT2D eigenvalue weighted by molar-refractivity contribution is 7.91. The first-order valence-corrected chi connectivity index (χ1v) is 12.2. The van der Waals surface area contributed by atoms with Crippen LogP contribution in [0, 0.1) is 11.7 Å². The van der Waals surface area contributed by atoms with Gasteiger partial charge in [-0.15, -0.1) is 0 Å². The number of hydrogen-bond donors (Lipinski definition) is 0. The Bertz CT molecular complexity index is 1300. The molecule has 1 saturated heterocycles. The van der Waals surface area contributed by atoms with Gasteiger partial charge in [0, 0.05) is 30.9 Å². The quantitative estimate of drug-likeness (QED) is 0.554. The summed E-state index contributed by atoms with van der Waals surface area (Å²) in [6, 6.07) is 8.49. The summed E-state index contributed by atoms with van der Waals surface area (Å²) in [7, 11) is -4.09. The zero-order chi connectivity index (χ0) is 22.3. The number of nitrogens with zero attached hydrogens (tertiary/aromatic N) is 2. The lowest BCUT2D eigenvalue weighted by atomic mass is 9.99. The maximum absolute atomic E-state index is 15.1. The maximum atomic E-state index is 15.1. The summed E-state index contributed by atoms with van der Waals surface area (Å²) >= 11 is 5.86. The summed E-state index contributed by atoms with van der Waals surface area (Å²) < 4.78 is 43.1. The number of anilines is 1. The number of fused-ring (bicyclic) bond motifs is 1. The molecule has 8 heteroatoms. The fourth-order valence-corrected chi connectivity index (χ4v) is 5.71. The summed E-state index contributed by atoms with van der Waals surface area (Å²) in [5.41, 5.74) is 0.276. The van der Waals surface area contributed by atoms with Gasteiger partial charge in [-0.25, -0.2) is 12.8 Å². The molecule has 0 unspecified atom stereocenters. The van der Waals surface area contributed by atoms with Crippen molar-refractivity contribution in [3.63, 3.8) is 0 Å². The van der Waals surface area contributed by atoms with Crippen LogP contribution in [0.2, 0.25) is 5.02 Å². The van der Waals surface area contributed by atoms with E-state index in [-0.39, 0.29) is 15.2 Å². The Kier molecular flexibility index (Phi) is 5.83. The number of piperidine rings is 1. The number of halogens is 2. The molecular formula is C23H24ClFN2O3S. The number of pyridine rings is 1. The average molecular weight is 463 g/mol. The molecule has 5 nitrogen and oxygen atoms in total. The van der Waals surface area contributed by atoms with Crippen molar-refractivity contribution in [2.24, 2.45) is 5.92 Å². The van der Waals surface area contributed by atoms with Crippen LogP contribution in [0.5, 0.6) is 0 Å². The third-order valence-electron chi connectivity index (χ3n) is 5.87. The minimum absolute atomic E-state index is 0.0320. The molecule has 0 bridgehead atoms. The van der Waals surface area contributed by atoms with E-state index in [4.69, 9.17) is 11.6 Å². The second kappa shape index (κ2) is 8.28. The van der Waals surface area contributed by atoms with Crippen LogP contribution in [-0.4, -0.2) is 26.1 Å². The summed E-state index contributed by atoms with van der Waals surface area (Å²) in [6.45, 7) is 5.94. The van der Waals surface area contributed by atoms with Gasteiger partial charge in [0.15, 0.2) is 0 Å². The molecule has 0 aliphatic carbocycles. The molecule has 4 rings (SSSR count). The lowest BCUT2D eigenvalue weighted by molar-refractivity contribution is 0.442. The normalized spacial score (nSPS) is 17.3. The van der Waals surface area contributed by atoms with Crippen molar-refractivity contribution in [2.75, 3.05) is 18.0 Å². The SMILES string of the molecule is CCn1cc(S(=O)(=O)c2ccc(Cl)cc2)c(=O)c2cc(F)c(N3CCC[C@@H](C)C3)cc21. The Morgan fingerprint density at radius 1 is 1.19 bits per heavy atom. The molecule has 0 N–H and O–H groups in total. The molecule has 0 radical (unpaired) electrons. The topological polar surface area (TPSA) is 59.4 Å². The Labute approximate surface area is 186 Å². The van der Waals surface area contributed by atoms with Gasteiger partial charge in [0.25, 0.3) is 0 Å². The molecule has 1 aromatic heterocycles. The summed E-state index contributed by atoms with van der Waals surface area (Å²) in [4.78, 5) is 14.8. The standard InChI is InChI=1S/C23H24ClFN2O3S/c1-3-26-14-22(31(29,30)17-8-6-16(24)7-9-17)23(28)18-11-19(25)21(12-20(18)26)27-10-4-5-15(2)13-27/h6-9,11-12,14-15H,3-5,10,13H2,1-2H3/t15-/m1/s1. The van der Waals surface area contributed by atoms with Gasteiger partial charge in [0.2, 0.25) is 15.3 Å². The lowest BCUT2D eigenvalue weighted by Gasteiger charge is -2.33. The van der Waals surface area contributed by atoms with Crippen molar-refractivity contribution < 1.29 is 12.8 Å². The van der Waals surface area contributed by atoms with Crippen LogP contribution in [0.15, 0.2) is 57.2 Å². The molecule has 0 spiro atoms. The Hall–Kier alpha value is -2.38. The van der Waals surface area contributed by atoms with E-state index >= 15 is 4.39 Å². The van der Waals surface area contributed by atoms with Crippen LogP contribution in [0.25, 0.3) is 10.9 Å². The summed E-state index contributed by atoms with van der Waals surface area (Å²) in [6.07, 6.45) is 3.45. The van der Waals surface area contributed by atoms with Gasteiger partial charge in [-0.2, -0.15) is 0 Å². The molecular weight excluding hydrogens is 439 g/mol. The number of sulfone groups is 1. The average Bonchev–Trinajstić information content (AvgIpc) is 2.74. The molecule has 31 heavy (non-hydrogen) atoms. The molecule has 1 aliphatic rings. The van der Waals surface area contributed by atoms with Crippen molar-refractivity contribution in [2.45, 2.75) is 43.0 Å². The van der Waals surface area contributed by atoms with Crippen molar-refractivity contribution >= 4 is 38.0 Å². The highest BCUT2D eigenvalue weighted by Gasteiger charge is 2.26. The van der Waals surface area contributed by atoms with E-state index in [9.17, 15) is 13.2 Å². The van der Waals surface area contributed by atoms with Crippen LogP contribution < -0.4 is 10.3 Å². The number of benzene rings is 2. The molecule has 1 fully saturated rings. The van der Waals surface area contributed by atoms with E-state index in [1.165, 1.54) is 36.5 Å². The number of aryl methyl sites for hydroxylation is 1. The van der Waals surface area contributed by atoms with Gasteiger partial charge in [0.1, 0.15) is 10.7 Å². The third-order valence-corrected chi connectivity index (χ3v) is 7.88. The Morgan fingerprint density at radius 3 is 2.55 bits per heavy atom. The predicted octanol–water partition coefficient (Wildman–Crippen LogP) is 4.88.